The molecule has 1 N–H and O–H groups in total. The third kappa shape index (κ3) is 3.32. The first-order chi connectivity index (χ1) is 9.60. The van der Waals surface area contributed by atoms with Crippen molar-refractivity contribution in [1.29, 1.82) is 0 Å². The van der Waals surface area contributed by atoms with Crippen LogP contribution in [0.15, 0.2) is 42.6 Å². The van der Waals surface area contributed by atoms with Crippen molar-refractivity contribution >= 4 is 11.7 Å². The lowest BCUT2D eigenvalue weighted by Gasteiger charge is -2.16. The quantitative estimate of drug-likeness (QED) is 0.870. The molecule has 0 fully saturated rings. The summed E-state index contributed by atoms with van der Waals surface area (Å²) < 4.78 is 17.8. The molecule has 0 spiro atoms. The van der Waals surface area contributed by atoms with Gasteiger partial charge in [-0.05, 0) is 36.8 Å². The van der Waals surface area contributed by atoms with Crippen LogP contribution in [0.25, 0.3) is 0 Å². The summed E-state index contributed by atoms with van der Waals surface area (Å²) in [4.78, 5) is 15.3. The third-order valence-electron chi connectivity index (χ3n) is 2.89. The summed E-state index contributed by atoms with van der Waals surface area (Å²) in [5.74, 6) is -0.770. The van der Waals surface area contributed by atoms with Gasteiger partial charge in [0.15, 0.2) is 0 Å². The maximum absolute atomic E-state index is 13.2. The van der Waals surface area contributed by atoms with Gasteiger partial charge in [-0.2, -0.15) is 0 Å². The number of halogens is 1. The van der Waals surface area contributed by atoms with E-state index < -0.39 is 5.97 Å². The molecule has 0 aliphatic rings. The van der Waals surface area contributed by atoms with Crippen molar-refractivity contribution in [1.82, 2.24) is 4.98 Å². The number of anilines is 1. The molecule has 2 rings (SSSR count). The first kappa shape index (κ1) is 14.0. The fourth-order valence-corrected chi connectivity index (χ4v) is 1.85. The Balaban J connectivity index is 2.15. The number of esters is 1. The van der Waals surface area contributed by atoms with Crippen LogP contribution in [-0.4, -0.2) is 18.1 Å². The lowest BCUT2D eigenvalue weighted by Crippen LogP contribution is -2.09. The molecule has 0 aliphatic heterocycles. The minimum absolute atomic E-state index is 0.0985. The van der Waals surface area contributed by atoms with Gasteiger partial charge in [0.05, 0.1) is 7.11 Å². The minimum Gasteiger partial charge on any atom is -0.464 e. The molecule has 20 heavy (non-hydrogen) atoms. The zero-order valence-corrected chi connectivity index (χ0v) is 11.3. The number of nitrogens with zero attached hydrogens (tertiary/aromatic N) is 1. The van der Waals surface area contributed by atoms with Crippen LogP contribution in [0.5, 0.6) is 0 Å². The van der Waals surface area contributed by atoms with E-state index in [4.69, 9.17) is 0 Å². The van der Waals surface area contributed by atoms with E-state index in [1.54, 1.807) is 18.2 Å². The fraction of sp³-hybridized carbons (Fsp3) is 0.200. The Kier molecular flexibility index (Phi) is 4.30. The number of carbonyl (C=O) groups is 1. The van der Waals surface area contributed by atoms with Gasteiger partial charge in [-0.3, -0.25) is 0 Å². The molecule has 0 radical (unpaired) electrons. The Bertz CT molecular complexity index is 616. The van der Waals surface area contributed by atoms with Crippen molar-refractivity contribution < 1.29 is 13.9 Å². The molecule has 0 aliphatic carbocycles. The van der Waals surface area contributed by atoms with Gasteiger partial charge in [0.2, 0.25) is 0 Å². The lowest BCUT2D eigenvalue weighted by atomic mass is 10.1. The van der Waals surface area contributed by atoms with E-state index in [1.807, 2.05) is 13.0 Å². The van der Waals surface area contributed by atoms with Gasteiger partial charge in [0, 0.05) is 17.9 Å². The van der Waals surface area contributed by atoms with E-state index in [0.29, 0.717) is 0 Å². The molecule has 104 valence electrons. The summed E-state index contributed by atoms with van der Waals surface area (Å²) >= 11 is 0. The Morgan fingerprint density at radius 3 is 2.85 bits per heavy atom. The van der Waals surface area contributed by atoms with E-state index in [2.05, 4.69) is 15.0 Å². The van der Waals surface area contributed by atoms with Crippen LogP contribution in [0.1, 0.15) is 29.0 Å². The highest BCUT2D eigenvalue weighted by molar-refractivity contribution is 5.88. The highest BCUT2D eigenvalue weighted by atomic mass is 19.1. The van der Waals surface area contributed by atoms with Crippen LogP contribution < -0.4 is 5.32 Å². The van der Waals surface area contributed by atoms with Gasteiger partial charge in [0.1, 0.15) is 11.5 Å². The second-order valence-electron chi connectivity index (χ2n) is 4.34. The molecule has 1 aromatic heterocycles. The molecule has 0 bridgehead atoms. The normalized spacial score (nSPS) is 11.8. The van der Waals surface area contributed by atoms with E-state index in [-0.39, 0.29) is 17.6 Å². The van der Waals surface area contributed by atoms with Crippen molar-refractivity contribution in [2.24, 2.45) is 0 Å². The molecule has 1 unspecified atom stereocenters. The SMILES string of the molecule is COC(=O)c1cc(NC(C)c2cccc(F)c2)ccn1. The predicted octanol–water partition coefficient (Wildman–Crippen LogP) is 3.18. The molecular weight excluding hydrogens is 259 g/mol. The summed E-state index contributed by atoms with van der Waals surface area (Å²) in [7, 11) is 1.31. The number of rotatable bonds is 4. The van der Waals surface area contributed by atoms with Crippen LogP contribution in [0.2, 0.25) is 0 Å². The van der Waals surface area contributed by atoms with Gasteiger partial charge in [-0.15, -0.1) is 0 Å². The Morgan fingerprint density at radius 1 is 1.35 bits per heavy atom. The number of nitrogens with one attached hydrogen (secondary N) is 1. The standard InChI is InChI=1S/C15H15FN2O2/c1-10(11-4-3-5-12(16)8-11)18-13-6-7-17-14(9-13)15(19)20-2/h3-10H,1-2H3,(H,17,18). The van der Waals surface area contributed by atoms with Gasteiger partial charge in [-0.1, -0.05) is 12.1 Å². The smallest absolute Gasteiger partial charge is 0.356 e. The van der Waals surface area contributed by atoms with E-state index in [0.717, 1.165) is 11.3 Å². The molecule has 1 aromatic carbocycles. The average molecular weight is 274 g/mol. The molecule has 0 saturated heterocycles. The molecule has 0 amide bonds. The van der Waals surface area contributed by atoms with Crippen molar-refractivity contribution in [3.63, 3.8) is 0 Å². The number of hydrogen-bond donors (Lipinski definition) is 1. The number of aromatic nitrogens is 1. The number of ether oxygens (including phenoxy) is 1. The topological polar surface area (TPSA) is 51.2 Å². The molecule has 1 atom stereocenters. The zero-order chi connectivity index (χ0) is 14.5. The van der Waals surface area contributed by atoms with Gasteiger partial charge in [-0.25, -0.2) is 14.2 Å². The summed E-state index contributed by atoms with van der Waals surface area (Å²) in [5, 5.41) is 3.19. The van der Waals surface area contributed by atoms with Crippen molar-refractivity contribution in [3.05, 3.63) is 59.7 Å². The number of methoxy groups -OCH3 is 1. The average Bonchev–Trinajstić information content (AvgIpc) is 2.46. The second-order valence-corrected chi connectivity index (χ2v) is 4.34. The summed E-state index contributed by atoms with van der Waals surface area (Å²) in [6, 6.07) is 9.61. The molecule has 1 heterocycles. The number of carbonyl (C=O) groups excluding carboxylic acids is 1. The second kappa shape index (κ2) is 6.14. The first-order valence-electron chi connectivity index (χ1n) is 6.16. The Morgan fingerprint density at radius 2 is 2.15 bits per heavy atom. The van der Waals surface area contributed by atoms with Crippen molar-refractivity contribution in [2.75, 3.05) is 12.4 Å². The number of benzene rings is 1. The van der Waals surface area contributed by atoms with Crippen LogP contribution in [0.3, 0.4) is 0 Å². The Hall–Kier alpha value is -2.43. The fourth-order valence-electron chi connectivity index (χ4n) is 1.85. The number of hydrogen-bond acceptors (Lipinski definition) is 4. The largest absolute Gasteiger partial charge is 0.464 e. The van der Waals surface area contributed by atoms with Gasteiger partial charge < -0.3 is 10.1 Å². The highest BCUT2D eigenvalue weighted by Gasteiger charge is 2.10. The van der Waals surface area contributed by atoms with E-state index in [1.165, 1.54) is 25.4 Å². The van der Waals surface area contributed by atoms with Crippen LogP contribution in [0.4, 0.5) is 10.1 Å². The summed E-state index contributed by atoms with van der Waals surface area (Å²) in [5.41, 5.74) is 1.77. The minimum atomic E-state index is -0.493. The van der Waals surface area contributed by atoms with Gasteiger partial charge in [0.25, 0.3) is 0 Å². The van der Waals surface area contributed by atoms with Crippen molar-refractivity contribution in [2.45, 2.75) is 13.0 Å². The summed E-state index contributed by atoms with van der Waals surface area (Å²) in [6.45, 7) is 1.91. The van der Waals surface area contributed by atoms with E-state index >= 15 is 0 Å². The van der Waals surface area contributed by atoms with Gasteiger partial charge >= 0.3 is 5.97 Å². The van der Waals surface area contributed by atoms with E-state index in [9.17, 15) is 9.18 Å². The zero-order valence-electron chi connectivity index (χ0n) is 11.3. The lowest BCUT2D eigenvalue weighted by molar-refractivity contribution is 0.0594. The highest BCUT2D eigenvalue weighted by Crippen LogP contribution is 2.20. The Labute approximate surface area is 116 Å². The van der Waals surface area contributed by atoms with Crippen LogP contribution in [-0.2, 0) is 4.74 Å². The molecule has 2 aromatic rings. The van der Waals surface area contributed by atoms with Crippen molar-refractivity contribution in [3.8, 4) is 0 Å². The van der Waals surface area contributed by atoms with Crippen LogP contribution >= 0.6 is 0 Å². The predicted molar refractivity (Wildman–Crippen MR) is 74.0 cm³/mol. The monoisotopic (exact) mass is 274 g/mol. The first-order valence-corrected chi connectivity index (χ1v) is 6.16. The number of pyridine rings is 1. The molecule has 0 saturated carbocycles. The maximum atomic E-state index is 13.2. The maximum Gasteiger partial charge on any atom is 0.356 e. The molecule has 4 nitrogen and oxygen atoms in total. The third-order valence-corrected chi connectivity index (χ3v) is 2.89. The molecule has 5 heteroatoms. The molecular formula is C15H15FN2O2. The summed E-state index contributed by atoms with van der Waals surface area (Å²) in [6.07, 6.45) is 1.52. The van der Waals surface area contributed by atoms with Crippen LogP contribution in [0, 0.1) is 5.82 Å².